The zero-order valence-electron chi connectivity index (χ0n) is 30.6. The van der Waals surface area contributed by atoms with Crippen molar-refractivity contribution in [3.8, 4) is 33.6 Å². The molecule has 3 heteroatoms. The number of nitrogens with zero attached hydrogens (tertiary/aromatic N) is 2. The number of aromatic nitrogens is 2. The van der Waals surface area contributed by atoms with Gasteiger partial charge in [-0.2, -0.15) is 0 Å². The molecule has 0 amide bonds. The van der Waals surface area contributed by atoms with Crippen molar-refractivity contribution in [1.82, 2.24) is 9.13 Å². The van der Waals surface area contributed by atoms with Crippen molar-refractivity contribution in [1.29, 1.82) is 0 Å². The first-order chi connectivity index (χ1) is 26.5. The molecule has 0 atom stereocenters. The Kier molecular flexibility index (Phi) is 6.72. The molecule has 0 spiro atoms. The number of benzene rings is 8. The third-order valence-electron chi connectivity index (χ3n) is 11.9. The highest BCUT2D eigenvalue weighted by Crippen LogP contribution is 2.42. The van der Waals surface area contributed by atoms with E-state index >= 15 is 0 Å². The van der Waals surface area contributed by atoms with Crippen LogP contribution in [0.3, 0.4) is 0 Å². The largest absolute Gasteiger partial charge is 0.310 e. The van der Waals surface area contributed by atoms with Gasteiger partial charge in [-0.25, -0.2) is 0 Å². The molecule has 10 aromatic rings. The van der Waals surface area contributed by atoms with Gasteiger partial charge in [0.25, 0.3) is 0 Å². The van der Waals surface area contributed by atoms with Gasteiger partial charge in [0, 0.05) is 27.2 Å². The molecule has 0 saturated carbocycles. The third kappa shape index (κ3) is 4.42. The Morgan fingerprint density at radius 2 is 1.02 bits per heavy atom. The van der Waals surface area contributed by atoms with Gasteiger partial charge in [-0.05, 0) is 90.3 Å². The quantitative estimate of drug-likeness (QED) is 0.163. The Morgan fingerprint density at radius 3 is 1.78 bits per heavy atom. The van der Waals surface area contributed by atoms with Crippen LogP contribution in [0, 0.1) is 20.8 Å². The van der Waals surface area contributed by atoms with Crippen molar-refractivity contribution in [2.75, 3.05) is 0 Å². The van der Waals surface area contributed by atoms with E-state index < -0.39 is 0 Å². The molecule has 0 bridgehead atoms. The highest BCUT2D eigenvalue weighted by molar-refractivity contribution is 6.98. The Hall–Kier alpha value is -6.58. The Balaban J connectivity index is 1.28. The molecule has 0 unspecified atom stereocenters. The maximum absolute atomic E-state index is 2.55. The van der Waals surface area contributed by atoms with E-state index in [1.54, 1.807) is 0 Å². The molecule has 11 rings (SSSR count). The SMILES string of the molecule is Cc1cc(C)c(B2c3ccccc3-n3c4ccccc4c4c(-n5c6ccc(-c7ccccc7)cc6c6ccc(-c7ccccc7)cc65)ccc2c43)c(C)c1. The molecule has 2 nitrogen and oxygen atoms in total. The molecule has 54 heavy (non-hydrogen) atoms. The zero-order chi connectivity index (χ0) is 36.1. The van der Waals surface area contributed by atoms with E-state index in [9.17, 15) is 0 Å². The molecular weight excluding hydrogens is 651 g/mol. The minimum atomic E-state index is 0.117. The lowest BCUT2D eigenvalue weighted by Gasteiger charge is -2.29. The fraction of sp³-hybridized carbons (Fsp3) is 0.0588. The van der Waals surface area contributed by atoms with Gasteiger partial charge in [0.15, 0.2) is 0 Å². The zero-order valence-corrected chi connectivity index (χ0v) is 30.6. The average Bonchev–Trinajstić information content (AvgIpc) is 3.73. The monoisotopic (exact) mass is 688 g/mol. The summed E-state index contributed by atoms with van der Waals surface area (Å²) >= 11 is 0. The van der Waals surface area contributed by atoms with Gasteiger partial charge in [-0.3, -0.25) is 0 Å². The highest BCUT2D eigenvalue weighted by Gasteiger charge is 2.36. The Labute approximate surface area is 315 Å². The summed E-state index contributed by atoms with van der Waals surface area (Å²) in [7, 11) is 0. The second-order valence-electron chi connectivity index (χ2n) is 15.1. The molecule has 3 heterocycles. The summed E-state index contributed by atoms with van der Waals surface area (Å²) < 4.78 is 5.09. The van der Waals surface area contributed by atoms with Gasteiger partial charge in [0.2, 0.25) is 6.71 Å². The van der Waals surface area contributed by atoms with Crippen LogP contribution in [0.1, 0.15) is 16.7 Å². The van der Waals surface area contributed by atoms with Gasteiger partial charge < -0.3 is 9.13 Å². The van der Waals surface area contributed by atoms with Gasteiger partial charge in [-0.15, -0.1) is 0 Å². The topological polar surface area (TPSA) is 9.86 Å². The molecule has 0 saturated heterocycles. The lowest BCUT2D eigenvalue weighted by atomic mass is 9.34. The van der Waals surface area contributed by atoms with E-state index in [0.29, 0.717) is 0 Å². The van der Waals surface area contributed by atoms with E-state index in [4.69, 9.17) is 0 Å². The van der Waals surface area contributed by atoms with E-state index in [2.05, 4.69) is 200 Å². The summed E-state index contributed by atoms with van der Waals surface area (Å²) in [6, 6.07) is 63.2. The molecule has 1 aliphatic rings. The van der Waals surface area contributed by atoms with Gasteiger partial charge in [0.05, 0.1) is 27.8 Å². The number of hydrogen-bond acceptors (Lipinski definition) is 0. The predicted octanol–water partition coefficient (Wildman–Crippen LogP) is 11.0. The van der Waals surface area contributed by atoms with E-state index in [-0.39, 0.29) is 6.71 Å². The van der Waals surface area contributed by atoms with Crippen LogP contribution in [0.4, 0.5) is 0 Å². The smallest absolute Gasteiger partial charge is 0.247 e. The van der Waals surface area contributed by atoms with Crippen LogP contribution in [0.15, 0.2) is 170 Å². The number of hydrogen-bond donors (Lipinski definition) is 0. The van der Waals surface area contributed by atoms with Crippen molar-refractivity contribution in [3.63, 3.8) is 0 Å². The summed E-state index contributed by atoms with van der Waals surface area (Å²) in [5, 5.41) is 5.08. The lowest BCUT2D eigenvalue weighted by molar-refractivity contribution is 1.18. The fourth-order valence-corrected chi connectivity index (χ4v) is 9.73. The Bertz CT molecular complexity index is 3110. The molecule has 8 aromatic carbocycles. The average molecular weight is 689 g/mol. The molecule has 0 N–H and O–H groups in total. The number of rotatable bonds is 4. The van der Waals surface area contributed by atoms with Crippen LogP contribution in [0.25, 0.3) is 77.2 Å². The molecule has 0 fully saturated rings. The van der Waals surface area contributed by atoms with Gasteiger partial charge in [-0.1, -0.05) is 156 Å². The molecule has 1 aliphatic heterocycles. The predicted molar refractivity (Wildman–Crippen MR) is 231 cm³/mol. The Morgan fingerprint density at radius 1 is 0.389 bits per heavy atom. The van der Waals surface area contributed by atoms with Crippen LogP contribution in [0.2, 0.25) is 0 Å². The summed E-state index contributed by atoms with van der Waals surface area (Å²) in [6.07, 6.45) is 0. The molecule has 0 radical (unpaired) electrons. The number of fused-ring (bicyclic) bond motifs is 8. The maximum Gasteiger partial charge on any atom is 0.247 e. The molecule has 2 aromatic heterocycles. The first kappa shape index (κ1) is 31.0. The standard InChI is InChI=1S/C51H37BN2/c1-32-28-33(2)50(34(3)29-32)52-42-19-11-13-21-46(42)54-44-20-12-10-18-40(44)49-47(27-25-43(52)51(49)54)53-45-26-23-37(35-14-6-4-7-15-35)30-41(45)39-24-22-38(31-48(39)53)36-16-8-5-9-17-36/h4-31H,1-3H3. The minimum absolute atomic E-state index is 0.117. The lowest BCUT2D eigenvalue weighted by Crippen LogP contribution is -2.57. The minimum Gasteiger partial charge on any atom is -0.310 e. The molecule has 0 aliphatic carbocycles. The van der Waals surface area contributed by atoms with Crippen molar-refractivity contribution >= 4 is 66.7 Å². The summed E-state index contributed by atoms with van der Waals surface area (Å²) in [5.41, 5.74) is 20.4. The third-order valence-corrected chi connectivity index (χ3v) is 11.9. The first-order valence-electron chi connectivity index (χ1n) is 19.0. The molecule has 254 valence electrons. The fourth-order valence-electron chi connectivity index (χ4n) is 9.73. The second-order valence-corrected chi connectivity index (χ2v) is 15.1. The van der Waals surface area contributed by atoms with E-state index in [1.807, 2.05) is 0 Å². The molecular formula is C51H37BN2. The van der Waals surface area contributed by atoms with Crippen LogP contribution in [-0.2, 0) is 0 Å². The van der Waals surface area contributed by atoms with Crippen LogP contribution >= 0.6 is 0 Å². The first-order valence-corrected chi connectivity index (χ1v) is 19.0. The van der Waals surface area contributed by atoms with Crippen molar-refractivity contribution in [3.05, 3.63) is 187 Å². The van der Waals surface area contributed by atoms with Crippen LogP contribution < -0.4 is 16.4 Å². The number of aryl methyl sites for hydroxylation is 3. The second kappa shape index (κ2) is 11.7. The van der Waals surface area contributed by atoms with Crippen molar-refractivity contribution in [2.45, 2.75) is 20.8 Å². The highest BCUT2D eigenvalue weighted by atomic mass is 15.0. The van der Waals surface area contributed by atoms with Crippen LogP contribution in [0.5, 0.6) is 0 Å². The van der Waals surface area contributed by atoms with Crippen molar-refractivity contribution in [2.24, 2.45) is 0 Å². The normalized spacial score (nSPS) is 12.3. The summed E-state index contributed by atoms with van der Waals surface area (Å²) in [5.74, 6) is 0. The number of para-hydroxylation sites is 2. The van der Waals surface area contributed by atoms with E-state index in [0.717, 1.165) is 0 Å². The van der Waals surface area contributed by atoms with Crippen LogP contribution in [-0.4, -0.2) is 15.8 Å². The summed E-state index contributed by atoms with van der Waals surface area (Å²) in [4.78, 5) is 0. The van der Waals surface area contributed by atoms with E-state index in [1.165, 1.54) is 110 Å². The maximum atomic E-state index is 2.55. The van der Waals surface area contributed by atoms with Gasteiger partial charge in [0.1, 0.15) is 0 Å². The summed E-state index contributed by atoms with van der Waals surface area (Å²) in [6.45, 7) is 6.91. The van der Waals surface area contributed by atoms with Crippen molar-refractivity contribution < 1.29 is 0 Å². The van der Waals surface area contributed by atoms with Gasteiger partial charge >= 0.3 is 0 Å².